The van der Waals surface area contributed by atoms with E-state index in [0.717, 1.165) is 36.2 Å². The predicted octanol–water partition coefficient (Wildman–Crippen LogP) is 4.90. The molecule has 0 saturated carbocycles. The molecule has 0 saturated heterocycles. The van der Waals surface area contributed by atoms with Gasteiger partial charge in [-0.25, -0.2) is 4.98 Å². The van der Waals surface area contributed by atoms with Gasteiger partial charge in [0.15, 0.2) is 0 Å². The second kappa shape index (κ2) is 9.29. The van der Waals surface area contributed by atoms with Crippen LogP contribution >= 0.6 is 0 Å². The normalized spacial score (nSPS) is 10.9. The van der Waals surface area contributed by atoms with Gasteiger partial charge in [0.25, 0.3) is 5.56 Å². The number of unbranched alkanes of at least 4 members (excludes halogenated alkanes) is 5. The van der Waals surface area contributed by atoms with Gasteiger partial charge in [-0.2, -0.15) is 0 Å². The first-order valence-corrected chi connectivity index (χ1v) is 8.93. The molecule has 0 aliphatic rings. The monoisotopic (exact) mass is 312 g/mol. The number of nitrogens with one attached hydrogen (secondary N) is 1. The standard InChI is InChI=1S/C20H28N2O/c1-3-5-6-7-8-12-15-18-17(4-2)21-19(20(23)22-18)16-13-10-9-11-14-16/h9-11,13-14H,3-8,12,15H2,1-2H3,(H,22,23). The summed E-state index contributed by atoms with van der Waals surface area (Å²) in [5.74, 6) is 0. The highest BCUT2D eigenvalue weighted by Gasteiger charge is 2.10. The van der Waals surface area contributed by atoms with Crippen molar-refractivity contribution in [3.63, 3.8) is 0 Å². The first kappa shape index (κ1) is 17.5. The number of aromatic nitrogens is 2. The molecule has 0 fully saturated rings. The van der Waals surface area contributed by atoms with Gasteiger partial charge in [-0.05, 0) is 19.3 Å². The maximum Gasteiger partial charge on any atom is 0.274 e. The van der Waals surface area contributed by atoms with Crippen LogP contribution in [0.2, 0.25) is 0 Å². The van der Waals surface area contributed by atoms with Crippen LogP contribution in [0.1, 0.15) is 63.8 Å². The Hall–Kier alpha value is -1.90. The number of aryl methyl sites for hydroxylation is 2. The minimum Gasteiger partial charge on any atom is -0.323 e. The molecule has 0 atom stereocenters. The largest absolute Gasteiger partial charge is 0.323 e. The molecule has 3 heteroatoms. The van der Waals surface area contributed by atoms with E-state index in [1.807, 2.05) is 30.3 Å². The highest BCUT2D eigenvalue weighted by molar-refractivity contribution is 5.57. The first-order chi connectivity index (χ1) is 11.3. The lowest BCUT2D eigenvalue weighted by atomic mass is 10.1. The molecule has 0 spiro atoms. The zero-order valence-corrected chi connectivity index (χ0v) is 14.4. The molecule has 1 aromatic heterocycles. The van der Waals surface area contributed by atoms with Gasteiger partial charge in [0.1, 0.15) is 5.69 Å². The molecule has 23 heavy (non-hydrogen) atoms. The molecule has 0 unspecified atom stereocenters. The molecule has 1 aromatic carbocycles. The van der Waals surface area contributed by atoms with Crippen LogP contribution < -0.4 is 5.56 Å². The molecule has 0 radical (unpaired) electrons. The fourth-order valence-electron chi connectivity index (χ4n) is 2.89. The number of hydrogen-bond acceptors (Lipinski definition) is 2. The van der Waals surface area contributed by atoms with Crippen LogP contribution in [0.3, 0.4) is 0 Å². The summed E-state index contributed by atoms with van der Waals surface area (Å²) in [5, 5.41) is 0. The topological polar surface area (TPSA) is 45.8 Å². The van der Waals surface area contributed by atoms with E-state index in [2.05, 4.69) is 23.8 Å². The molecule has 0 bridgehead atoms. The lowest BCUT2D eigenvalue weighted by molar-refractivity contribution is 0.602. The number of nitrogens with zero attached hydrogens (tertiary/aromatic N) is 1. The number of rotatable bonds is 9. The minimum absolute atomic E-state index is 0.0746. The molecule has 2 rings (SSSR count). The van der Waals surface area contributed by atoms with Crippen LogP contribution in [0.15, 0.2) is 35.1 Å². The summed E-state index contributed by atoms with van der Waals surface area (Å²) in [6.07, 6.45) is 9.33. The van der Waals surface area contributed by atoms with Crippen molar-refractivity contribution < 1.29 is 0 Å². The van der Waals surface area contributed by atoms with Crippen molar-refractivity contribution in [3.8, 4) is 11.3 Å². The van der Waals surface area contributed by atoms with E-state index in [0.29, 0.717) is 5.69 Å². The van der Waals surface area contributed by atoms with Gasteiger partial charge >= 0.3 is 0 Å². The van der Waals surface area contributed by atoms with Crippen molar-refractivity contribution in [1.29, 1.82) is 0 Å². The number of benzene rings is 1. The SMILES string of the molecule is CCCCCCCCc1[nH]c(=O)c(-c2ccccc2)nc1CC. The summed E-state index contributed by atoms with van der Waals surface area (Å²) in [6.45, 7) is 4.33. The van der Waals surface area contributed by atoms with E-state index in [1.54, 1.807) is 0 Å². The molecule has 0 aliphatic heterocycles. The van der Waals surface area contributed by atoms with Crippen LogP contribution in [0.4, 0.5) is 0 Å². The summed E-state index contributed by atoms with van der Waals surface area (Å²) in [4.78, 5) is 20.1. The molecule has 0 amide bonds. The van der Waals surface area contributed by atoms with Crippen LogP contribution in [-0.4, -0.2) is 9.97 Å². The quantitative estimate of drug-likeness (QED) is 0.669. The summed E-state index contributed by atoms with van der Waals surface area (Å²) >= 11 is 0. The summed E-state index contributed by atoms with van der Waals surface area (Å²) in [6, 6.07) is 9.69. The Morgan fingerprint density at radius 2 is 1.65 bits per heavy atom. The Morgan fingerprint density at radius 3 is 2.35 bits per heavy atom. The fraction of sp³-hybridized carbons (Fsp3) is 0.500. The smallest absolute Gasteiger partial charge is 0.274 e. The van der Waals surface area contributed by atoms with E-state index in [1.165, 1.54) is 32.1 Å². The van der Waals surface area contributed by atoms with Gasteiger partial charge in [-0.3, -0.25) is 4.79 Å². The number of aromatic amines is 1. The average molecular weight is 312 g/mol. The Balaban J connectivity index is 2.07. The summed E-state index contributed by atoms with van der Waals surface area (Å²) in [5.41, 5.74) is 3.39. The summed E-state index contributed by atoms with van der Waals surface area (Å²) in [7, 11) is 0. The lowest BCUT2D eigenvalue weighted by Gasteiger charge is -2.09. The van der Waals surface area contributed by atoms with Crippen molar-refractivity contribution in [1.82, 2.24) is 9.97 Å². The lowest BCUT2D eigenvalue weighted by Crippen LogP contribution is -2.17. The van der Waals surface area contributed by atoms with Gasteiger partial charge in [0.2, 0.25) is 0 Å². The maximum absolute atomic E-state index is 12.4. The van der Waals surface area contributed by atoms with Gasteiger partial charge in [0.05, 0.1) is 5.69 Å². The maximum atomic E-state index is 12.4. The van der Waals surface area contributed by atoms with Gasteiger partial charge in [0, 0.05) is 11.3 Å². The molecule has 0 aliphatic carbocycles. The number of H-pyrrole nitrogens is 1. The first-order valence-electron chi connectivity index (χ1n) is 8.93. The fourth-order valence-corrected chi connectivity index (χ4v) is 2.89. The van der Waals surface area contributed by atoms with Gasteiger partial charge in [-0.15, -0.1) is 0 Å². The second-order valence-electron chi connectivity index (χ2n) is 6.08. The van der Waals surface area contributed by atoms with Crippen LogP contribution in [0, 0.1) is 0 Å². The molecule has 2 aromatic rings. The van der Waals surface area contributed by atoms with Crippen molar-refractivity contribution >= 4 is 0 Å². The van der Waals surface area contributed by atoms with Gasteiger partial charge in [-0.1, -0.05) is 76.3 Å². The van der Waals surface area contributed by atoms with E-state index in [4.69, 9.17) is 0 Å². The molecular formula is C20H28N2O. The van der Waals surface area contributed by atoms with E-state index in [-0.39, 0.29) is 5.56 Å². The van der Waals surface area contributed by atoms with Gasteiger partial charge < -0.3 is 4.98 Å². The van der Waals surface area contributed by atoms with Crippen molar-refractivity contribution in [3.05, 3.63) is 52.1 Å². The third-order valence-corrected chi connectivity index (χ3v) is 4.24. The highest BCUT2D eigenvalue weighted by atomic mass is 16.1. The van der Waals surface area contributed by atoms with Crippen LogP contribution in [0.5, 0.6) is 0 Å². The van der Waals surface area contributed by atoms with E-state index < -0.39 is 0 Å². The molecule has 1 N–H and O–H groups in total. The van der Waals surface area contributed by atoms with Crippen LogP contribution in [0.25, 0.3) is 11.3 Å². The van der Waals surface area contributed by atoms with Crippen LogP contribution in [-0.2, 0) is 12.8 Å². The predicted molar refractivity (Wildman–Crippen MR) is 96.8 cm³/mol. The van der Waals surface area contributed by atoms with Crippen molar-refractivity contribution in [2.75, 3.05) is 0 Å². The highest BCUT2D eigenvalue weighted by Crippen LogP contribution is 2.16. The third-order valence-electron chi connectivity index (χ3n) is 4.24. The van der Waals surface area contributed by atoms with Crippen molar-refractivity contribution in [2.24, 2.45) is 0 Å². The van der Waals surface area contributed by atoms with Crippen molar-refractivity contribution in [2.45, 2.75) is 65.2 Å². The molecular weight excluding hydrogens is 284 g/mol. The average Bonchev–Trinajstić information content (AvgIpc) is 2.59. The molecule has 3 nitrogen and oxygen atoms in total. The van der Waals surface area contributed by atoms with E-state index in [9.17, 15) is 4.79 Å². The zero-order chi connectivity index (χ0) is 16.5. The third kappa shape index (κ3) is 5.05. The zero-order valence-electron chi connectivity index (χ0n) is 14.4. The number of hydrogen-bond donors (Lipinski definition) is 1. The Bertz CT molecular complexity index is 646. The van der Waals surface area contributed by atoms with E-state index >= 15 is 0 Å². The summed E-state index contributed by atoms with van der Waals surface area (Å²) < 4.78 is 0. The molecule has 124 valence electrons. The Morgan fingerprint density at radius 1 is 0.957 bits per heavy atom. The minimum atomic E-state index is -0.0746. The second-order valence-corrected chi connectivity index (χ2v) is 6.08. The molecule has 1 heterocycles. The Labute approximate surface area is 139 Å². The Kier molecular flexibility index (Phi) is 7.05.